The van der Waals surface area contributed by atoms with Crippen LogP contribution in [0.3, 0.4) is 0 Å². The van der Waals surface area contributed by atoms with Gasteiger partial charge in [0.25, 0.3) is 0 Å². The quantitative estimate of drug-likeness (QED) is 0.613. The van der Waals surface area contributed by atoms with Gasteiger partial charge in [0.05, 0.1) is 0 Å². The normalized spacial score (nSPS) is 26.5. The third kappa shape index (κ3) is 5.09. The maximum Gasteiger partial charge on any atom is 0.219 e. The lowest BCUT2D eigenvalue weighted by Crippen LogP contribution is -2.45. The lowest BCUT2D eigenvalue weighted by Gasteiger charge is -2.32. The van der Waals surface area contributed by atoms with Gasteiger partial charge in [-0.2, -0.15) is 0 Å². The second-order valence-electron chi connectivity index (χ2n) is 7.99. The number of piperidine rings is 1. The first-order valence-electron chi connectivity index (χ1n) is 10.1. The van der Waals surface area contributed by atoms with Gasteiger partial charge in [0.15, 0.2) is 5.96 Å². The maximum absolute atomic E-state index is 11.4. The Morgan fingerprint density at radius 2 is 1.64 bits per heavy atom. The van der Waals surface area contributed by atoms with Crippen molar-refractivity contribution >= 4 is 11.9 Å². The summed E-state index contributed by atoms with van der Waals surface area (Å²) in [5.41, 5.74) is 0. The van der Waals surface area contributed by atoms with Gasteiger partial charge in [-0.1, -0.05) is 0 Å². The minimum Gasteiger partial charge on any atom is -0.356 e. The fourth-order valence-electron chi connectivity index (χ4n) is 4.52. The van der Waals surface area contributed by atoms with Crippen LogP contribution in [0.5, 0.6) is 0 Å². The molecule has 0 spiro atoms. The number of carbonyl (C=O) groups is 1. The van der Waals surface area contributed by atoms with E-state index in [9.17, 15) is 4.79 Å². The second-order valence-corrected chi connectivity index (χ2v) is 7.99. The second kappa shape index (κ2) is 8.88. The molecule has 1 unspecified atom stereocenters. The Morgan fingerprint density at radius 1 is 1.00 bits per heavy atom. The van der Waals surface area contributed by atoms with Gasteiger partial charge in [-0.3, -0.25) is 9.79 Å². The molecule has 0 aromatic heterocycles. The first-order valence-corrected chi connectivity index (χ1v) is 10.1. The monoisotopic (exact) mass is 349 g/mol. The van der Waals surface area contributed by atoms with Crippen LogP contribution in [0.2, 0.25) is 0 Å². The number of nitrogens with one attached hydrogen (secondary N) is 1. The van der Waals surface area contributed by atoms with Crippen LogP contribution in [0.4, 0.5) is 0 Å². The van der Waals surface area contributed by atoms with E-state index in [-0.39, 0.29) is 5.91 Å². The molecule has 1 N–H and O–H groups in total. The molecule has 6 nitrogen and oxygen atoms in total. The number of carbonyl (C=O) groups excluding carboxylic acids is 1. The minimum atomic E-state index is 0.211. The number of aliphatic imine (C=N–C) groups is 1. The zero-order valence-corrected chi connectivity index (χ0v) is 16.0. The molecule has 25 heavy (non-hydrogen) atoms. The Bertz CT molecular complexity index is 466. The van der Waals surface area contributed by atoms with Crippen LogP contribution in [-0.4, -0.2) is 86.0 Å². The van der Waals surface area contributed by atoms with Crippen LogP contribution in [-0.2, 0) is 4.79 Å². The molecule has 3 rings (SSSR count). The van der Waals surface area contributed by atoms with Crippen LogP contribution in [0.1, 0.15) is 39.0 Å². The number of likely N-dealkylation sites (tertiary alicyclic amines) is 3. The van der Waals surface area contributed by atoms with E-state index in [1.54, 1.807) is 6.92 Å². The third-order valence-corrected chi connectivity index (χ3v) is 6.12. The molecule has 0 bridgehead atoms. The number of hydrogen-bond donors (Lipinski definition) is 1. The van der Waals surface area contributed by atoms with Crippen molar-refractivity contribution in [1.82, 2.24) is 20.0 Å². The lowest BCUT2D eigenvalue weighted by molar-refractivity contribution is -0.130. The van der Waals surface area contributed by atoms with Crippen LogP contribution >= 0.6 is 0 Å². The Kier molecular flexibility index (Phi) is 6.57. The Hall–Kier alpha value is -1.30. The van der Waals surface area contributed by atoms with Gasteiger partial charge < -0.3 is 20.0 Å². The molecule has 3 aliphatic rings. The van der Waals surface area contributed by atoms with Crippen molar-refractivity contribution in [3.8, 4) is 0 Å². The molecule has 6 heteroatoms. The summed E-state index contributed by atoms with van der Waals surface area (Å²) in [5, 5.41) is 3.60. The number of guanidine groups is 1. The summed E-state index contributed by atoms with van der Waals surface area (Å²) in [6.45, 7) is 10.6. The van der Waals surface area contributed by atoms with Crippen molar-refractivity contribution in [3.63, 3.8) is 0 Å². The minimum absolute atomic E-state index is 0.211. The molecule has 0 saturated carbocycles. The van der Waals surface area contributed by atoms with Crippen LogP contribution < -0.4 is 5.32 Å². The lowest BCUT2D eigenvalue weighted by atomic mass is 9.97. The zero-order chi connectivity index (χ0) is 17.6. The van der Waals surface area contributed by atoms with E-state index in [1.165, 1.54) is 38.9 Å². The van der Waals surface area contributed by atoms with Crippen molar-refractivity contribution in [2.24, 2.45) is 16.8 Å². The van der Waals surface area contributed by atoms with E-state index in [2.05, 4.69) is 20.1 Å². The Morgan fingerprint density at radius 3 is 2.28 bits per heavy atom. The smallest absolute Gasteiger partial charge is 0.219 e. The SMILES string of the molecule is CN=C(NCC1CCN(C(C)=O)CC1)N1CCC(CN2CCCC2)C1. The Balaban J connectivity index is 1.39. The maximum atomic E-state index is 11.4. The van der Waals surface area contributed by atoms with Crippen molar-refractivity contribution in [2.75, 3.05) is 59.4 Å². The van der Waals surface area contributed by atoms with Gasteiger partial charge in [-0.25, -0.2) is 0 Å². The van der Waals surface area contributed by atoms with Gasteiger partial charge in [-0.05, 0) is 57.0 Å². The van der Waals surface area contributed by atoms with Gasteiger partial charge >= 0.3 is 0 Å². The predicted molar refractivity (Wildman–Crippen MR) is 102 cm³/mol. The molecule has 0 aromatic carbocycles. The molecule has 3 saturated heterocycles. The summed E-state index contributed by atoms with van der Waals surface area (Å²) in [6.07, 6.45) is 6.24. The highest BCUT2D eigenvalue weighted by Crippen LogP contribution is 2.21. The molecule has 1 atom stereocenters. The molecule has 142 valence electrons. The topological polar surface area (TPSA) is 51.2 Å². The van der Waals surface area contributed by atoms with Gasteiger partial charge in [0.1, 0.15) is 0 Å². The first kappa shape index (κ1) is 18.5. The molecule has 0 aliphatic carbocycles. The summed E-state index contributed by atoms with van der Waals surface area (Å²) >= 11 is 0. The molecular formula is C19H35N5O. The summed E-state index contributed by atoms with van der Waals surface area (Å²) in [4.78, 5) is 23.0. The summed E-state index contributed by atoms with van der Waals surface area (Å²) < 4.78 is 0. The molecule has 1 amide bonds. The average molecular weight is 350 g/mol. The fraction of sp³-hybridized carbons (Fsp3) is 0.895. The fourth-order valence-corrected chi connectivity index (χ4v) is 4.52. The van der Waals surface area contributed by atoms with E-state index in [1.807, 2.05) is 11.9 Å². The highest BCUT2D eigenvalue weighted by atomic mass is 16.2. The van der Waals surface area contributed by atoms with E-state index >= 15 is 0 Å². The van der Waals surface area contributed by atoms with Crippen molar-refractivity contribution in [3.05, 3.63) is 0 Å². The summed E-state index contributed by atoms with van der Waals surface area (Å²) in [7, 11) is 1.90. The van der Waals surface area contributed by atoms with E-state index in [0.717, 1.165) is 57.4 Å². The number of rotatable bonds is 4. The van der Waals surface area contributed by atoms with Gasteiger partial charge in [-0.15, -0.1) is 0 Å². The van der Waals surface area contributed by atoms with Crippen molar-refractivity contribution in [2.45, 2.75) is 39.0 Å². The van der Waals surface area contributed by atoms with Crippen molar-refractivity contribution < 1.29 is 4.79 Å². The zero-order valence-electron chi connectivity index (χ0n) is 16.0. The standard InChI is InChI=1S/C19H35N5O/c1-16(25)23-10-5-17(6-11-23)13-21-19(20-2)24-12-7-18(15-24)14-22-8-3-4-9-22/h17-18H,3-15H2,1-2H3,(H,20,21). The van der Waals surface area contributed by atoms with E-state index < -0.39 is 0 Å². The Labute approximate surface area is 152 Å². The largest absolute Gasteiger partial charge is 0.356 e. The molecule has 0 aromatic rings. The van der Waals surface area contributed by atoms with Crippen molar-refractivity contribution in [1.29, 1.82) is 0 Å². The van der Waals surface area contributed by atoms with E-state index in [4.69, 9.17) is 0 Å². The van der Waals surface area contributed by atoms with Gasteiger partial charge in [0.2, 0.25) is 5.91 Å². The summed E-state index contributed by atoms with van der Waals surface area (Å²) in [6, 6.07) is 0. The molecule has 3 heterocycles. The molecule has 3 aliphatic heterocycles. The van der Waals surface area contributed by atoms with Crippen LogP contribution in [0.15, 0.2) is 4.99 Å². The van der Waals surface area contributed by atoms with Crippen LogP contribution in [0, 0.1) is 11.8 Å². The first-order chi connectivity index (χ1) is 12.2. The van der Waals surface area contributed by atoms with Gasteiger partial charge in [0, 0.05) is 53.2 Å². The molecule has 0 radical (unpaired) electrons. The molecular weight excluding hydrogens is 314 g/mol. The average Bonchev–Trinajstić information content (AvgIpc) is 3.29. The highest BCUT2D eigenvalue weighted by molar-refractivity contribution is 5.80. The molecule has 3 fully saturated rings. The number of hydrogen-bond acceptors (Lipinski definition) is 3. The third-order valence-electron chi connectivity index (χ3n) is 6.12. The van der Waals surface area contributed by atoms with Crippen LogP contribution in [0.25, 0.3) is 0 Å². The predicted octanol–water partition coefficient (Wildman–Crippen LogP) is 1.24. The van der Waals surface area contributed by atoms with E-state index in [0.29, 0.717) is 5.92 Å². The summed E-state index contributed by atoms with van der Waals surface area (Å²) in [5.74, 6) is 2.71. The number of nitrogens with zero attached hydrogens (tertiary/aromatic N) is 4. The highest BCUT2D eigenvalue weighted by Gasteiger charge is 2.28. The number of amides is 1.